The van der Waals surface area contributed by atoms with Crippen LogP contribution in [0.3, 0.4) is 0 Å². The average molecular weight is 425 g/mol. The van der Waals surface area contributed by atoms with E-state index in [4.69, 9.17) is 4.42 Å². The number of aryl methyl sites for hydroxylation is 1. The van der Waals surface area contributed by atoms with Crippen LogP contribution in [0.15, 0.2) is 76.2 Å². The van der Waals surface area contributed by atoms with Gasteiger partial charge in [0.05, 0.1) is 17.0 Å². The zero-order valence-electron chi connectivity index (χ0n) is 18.3. The van der Waals surface area contributed by atoms with E-state index in [-0.39, 0.29) is 17.1 Å². The van der Waals surface area contributed by atoms with E-state index < -0.39 is 6.04 Å². The molecule has 160 valence electrons. The van der Waals surface area contributed by atoms with E-state index in [1.54, 1.807) is 23.4 Å². The molecule has 1 aliphatic heterocycles. The van der Waals surface area contributed by atoms with Gasteiger partial charge in [0.1, 0.15) is 5.58 Å². The number of hydrogen-bond donors (Lipinski definition) is 0. The summed E-state index contributed by atoms with van der Waals surface area (Å²) in [5.74, 6) is 0.250. The number of fused-ring (bicyclic) bond motifs is 2. The molecule has 0 radical (unpaired) electrons. The predicted octanol–water partition coefficient (Wildman–Crippen LogP) is 5.37. The average Bonchev–Trinajstić information content (AvgIpc) is 3.07. The first-order valence-corrected chi connectivity index (χ1v) is 10.8. The van der Waals surface area contributed by atoms with Crippen molar-refractivity contribution in [2.24, 2.45) is 0 Å². The molecule has 1 amide bonds. The van der Waals surface area contributed by atoms with E-state index in [9.17, 15) is 9.59 Å². The molecule has 0 unspecified atom stereocenters. The number of benzene rings is 2. The second kappa shape index (κ2) is 7.75. The molecule has 0 N–H and O–H groups in total. The van der Waals surface area contributed by atoms with E-state index in [0.717, 1.165) is 16.7 Å². The van der Waals surface area contributed by atoms with Crippen LogP contribution in [0, 0.1) is 6.92 Å². The zero-order valence-corrected chi connectivity index (χ0v) is 18.3. The number of carbonyl (C=O) groups is 1. The molecule has 32 heavy (non-hydrogen) atoms. The number of pyridine rings is 1. The fourth-order valence-electron chi connectivity index (χ4n) is 4.40. The smallest absolute Gasteiger partial charge is 0.291 e. The molecular formula is C27H24N2O3. The van der Waals surface area contributed by atoms with Crippen LogP contribution in [0.2, 0.25) is 0 Å². The summed E-state index contributed by atoms with van der Waals surface area (Å²) in [6, 6.07) is 16.9. The molecule has 2 aromatic carbocycles. The van der Waals surface area contributed by atoms with Crippen molar-refractivity contribution < 1.29 is 9.21 Å². The normalized spacial score (nSPS) is 15.6. The first-order valence-electron chi connectivity index (χ1n) is 10.8. The Bertz CT molecular complexity index is 1370. The Hall–Kier alpha value is -3.73. The van der Waals surface area contributed by atoms with Crippen LogP contribution in [0.25, 0.3) is 11.0 Å². The molecule has 4 aromatic rings. The lowest BCUT2D eigenvalue weighted by molar-refractivity contribution is 0.0714. The standard InChI is InChI=1S/C27H24N2O3/c1-16(2)19-7-9-20(10-8-19)24-23-25(30)21-13-17(3)6-11-22(21)32-26(23)27(31)29(24)15-18-5-4-12-28-14-18/h4-14,16,24H,15H2,1-3H3/t24-/m1/s1. The van der Waals surface area contributed by atoms with Gasteiger partial charge in [0.25, 0.3) is 5.91 Å². The Labute approximate surface area is 186 Å². The van der Waals surface area contributed by atoms with Crippen molar-refractivity contribution in [3.8, 4) is 0 Å². The maximum atomic E-state index is 13.6. The Kier molecular flexibility index (Phi) is 4.89. The van der Waals surface area contributed by atoms with E-state index in [1.807, 2.05) is 43.3 Å². The van der Waals surface area contributed by atoms with Crippen LogP contribution in [-0.4, -0.2) is 15.8 Å². The molecular weight excluding hydrogens is 400 g/mol. The Morgan fingerprint density at radius 1 is 1.06 bits per heavy atom. The first kappa shape index (κ1) is 20.2. The van der Waals surface area contributed by atoms with Gasteiger partial charge < -0.3 is 9.32 Å². The fourth-order valence-corrected chi connectivity index (χ4v) is 4.40. The Balaban J connectivity index is 1.71. The van der Waals surface area contributed by atoms with Gasteiger partial charge in [-0.2, -0.15) is 0 Å². The molecule has 0 bridgehead atoms. The molecule has 0 saturated heterocycles. The van der Waals surface area contributed by atoms with Gasteiger partial charge in [-0.25, -0.2) is 0 Å². The van der Waals surface area contributed by atoms with Crippen LogP contribution >= 0.6 is 0 Å². The summed E-state index contributed by atoms with van der Waals surface area (Å²) in [5.41, 5.74) is 4.66. The van der Waals surface area contributed by atoms with Gasteiger partial charge in [-0.05, 0) is 47.7 Å². The van der Waals surface area contributed by atoms with Crippen molar-refractivity contribution in [2.45, 2.75) is 39.3 Å². The topological polar surface area (TPSA) is 63.4 Å². The second-order valence-electron chi connectivity index (χ2n) is 8.69. The maximum Gasteiger partial charge on any atom is 0.291 e. The maximum absolute atomic E-state index is 13.6. The molecule has 0 saturated carbocycles. The van der Waals surface area contributed by atoms with E-state index in [0.29, 0.717) is 29.0 Å². The number of amides is 1. The summed E-state index contributed by atoms with van der Waals surface area (Å²) in [4.78, 5) is 33.0. The van der Waals surface area contributed by atoms with Gasteiger partial charge in [-0.15, -0.1) is 0 Å². The number of nitrogens with zero attached hydrogens (tertiary/aromatic N) is 2. The van der Waals surface area contributed by atoms with Crippen LogP contribution < -0.4 is 5.43 Å². The minimum Gasteiger partial charge on any atom is -0.450 e. The molecule has 5 nitrogen and oxygen atoms in total. The second-order valence-corrected chi connectivity index (χ2v) is 8.69. The van der Waals surface area contributed by atoms with Gasteiger partial charge in [0, 0.05) is 18.9 Å². The molecule has 3 heterocycles. The molecule has 2 aromatic heterocycles. The summed E-state index contributed by atoms with van der Waals surface area (Å²) in [7, 11) is 0. The predicted molar refractivity (Wildman–Crippen MR) is 124 cm³/mol. The van der Waals surface area contributed by atoms with Crippen molar-refractivity contribution in [3.63, 3.8) is 0 Å². The molecule has 0 fully saturated rings. The highest BCUT2D eigenvalue weighted by Crippen LogP contribution is 2.39. The van der Waals surface area contributed by atoms with Gasteiger partial charge in [0.2, 0.25) is 5.76 Å². The summed E-state index contributed by atoms with van der Waals surface area (Å²) in [5, 5.41) is 0.503. The number of rotatable bonds is 4. The van der Waals surface area contributed by atoms with Crippen LogP contribution in [-0.2, 0) is 6.54 Å². The summed E-state index contributed by atoms with van der Waals surface area (Å²) in [6.07, 6.45) is 3.44. The summed E-state index contributed by atoms with van der Waals surface area (Å²) in [6.45, 7) is 6.55. The fraction of sp³-hybridized carbons (Fsp3) is 0.222. The van der Waals surface area contributed by atoms with E-state index >= 15 is 0 Å². The largest absolute Gasteiger partial charge is 0.450 e. The number of hydrogen-bond acceptors (Lipinski definition) is 4. The van der Waals surface area contributed by atoms with Crippen LogP contribution in [0.5, 0.6) is 0 Å². The monoisotopic (exact) mass is 424 g/mol. The molecule has 5 rings (SSSR count). The Morgan fingerprint density at radius 2 is 1.84 bits per heavy atom. The van der Waals surface area contributed by atoms with Crippen molar-refractivity contribution in [3.05, 3.63) is 111 Å². The van der Waals surface area contributed by atoms with Gasteiger partial charge >= 0.3 is 0 Å². The lowest BCUT2D eigenvalue weighted by Gasteiger charge is -2.25. The zero-order chi connectivity index (χ0) is 22.4. The van der Waals surface area contributed by atoms with Crippen LogP contribution in [0.4, 0.5) is 0 Å². The van der Waals surface area contributed by atoms with Crippen LogP contribution in [0.1, 0.15) is 64.2 Å². The van der Waals surface area contributed by atoms with Gasteiger partial charge in [0.15, 0.2) is 5.43 Å². The summed E-state index contributed by atoms with van der Waals surface area (Å²) >= 11 is 0. The third kappa shape index (κ3) is 3.30. The summed E-state index contributed by atoms with van der Waals surface area (Å²) < 4.78 is 6.03. The quantitative estimate of drug-likeness (QED) is 0.442. The van der Waals surface area contributed by atoms with Gasteiger partial charge in [-0.1, -0.05) is 55.8 Å². The molecule has 0 aliphatic carbocycles. The van der Waals surface area contributed by atoms with E-state index in [2.05, 4.69) is 31.0 Å². The van der Waals surface area contributed by atoms with Crippen molar-refractivity contribution in [1.82, 2.24) is 9.88 Å². The molecule has 1 aliphatic rings. The van der Waals surface area contributed by atoms with Gasteiger partial charge in [-0.3, -0.25) is 14.6 Å². The lowest BCUT2D eigenvalue weighted by atomic mass is 9.95. The van der Waals surface area contributed by atoms with Crippen molar-refractivity contribution >= 4 is 16.9 Å². The highest BCUT2D eigenvalue weighted by atomic mass is 16.3. The van der Waals surface area contributed by atoms with Crippen molar-refractivity contribution in [1.29, 1.82) is 0 Å². The van der Waals surface area contributed by atoms with Crippen molar-refractivity contribution in [2.75, 3.05) is 0 Å². The number of aromatic nitrogens is 1. The molecule has 1 atom stereocenters. The SMILES string of the molecule is Cc1ccc2oc3c(c(=O)c2c1)[C@@H](c1ccc(C(C)C)cc1)N(Cc1cccnc1)C3=O. The number of carbonyl (C=O) groups excluding carboxylic acids is 1. The highest BCUT2D eigenvalue weighted by Gasteiger charge is 2.42. The van der Waals surface area contributed by atoms with E-state index in [1.165, 1.54) is 5.56 Å². The highest BCUT2D eigenvalue weighted by molar-refractivity contribution is 5.99. The molecule has 0 spiro atoms. The Morgan fingerprint density at radius 3 is 2.53 bits per heavy atom. The molecule has 5 heteroatoms. The third-order valence-electron chi connectivity index (χ3n) is 6.12. The minimum atomic E-state index is -0.514. The minimum absolute atomic E-state index is 0.133. The lowest BCUT2D eigenvalue weighted by Crippen LogP contribution is -2.29. The third-order valence-corrected chi connectivity index (χ3v) is 6.12. The first-order chi connectivity index (χ1) is 15.4.